The van der Waals surface area contributed by atoms with Gasteiger partial charge in [0.05, 0.1) is 3.79 Å². The molecule has 1 N–H and O–H groups in total. The Labute approximate surface area is 135 Å². The number of fused-ring (bicyclic) bond motifs is 1. The third kappa shape index (κ3) is 2.98. The van der Waals surface area contributed by atoms with Crippen molar-refractivity contribution in [1.82, 2.24) is 5.32 Å². The van der Waals surface area contributed by atoms with Crippen molar-refractivity contribution in [2.45, 2.75) is 19.4 Å². The zero-order valence-electron chi connectivity index (χ0n) is 11.2. The van der Waals surface area contributed by atoms with Gasteiger partial charge in [-0.05, 0) is 57.0 Å². The van der Waals surface area contributed by atoms with Crippen LogP contribution in [0.5, 0.6) is 0 Å². The lowest BCUT2D eigenvalue weighted by Crippen LogP contribution is -2.22. The summed E-state index contributed by atoms with van der Waals surface area (Å²) >= 11 is 7.21. The van der Waals surface area contributed by atoms with E-state index >= 15 is 0 Å². The zero-order valence-corrected chi connectivity index (χ0v) is 14.4. The van der Waals surface area contributed by atoms with Gasteiger partial charge in [-0.25, -0.2) is 0 Å². The summed E-state index contributed by atoms with van der Waals surface area (Å²) in [6, 6.07) is 13.4. The number of halogens is 1. The normalized spacial score (nSPS) is 12.9. The molecule has 1 nitrogen and oxygen atoms in total. The molecule has 2 heterocycles. The lowest BCUT2D eigenvalue weighted by Gasteiger charge is -2.17. The molecule has 20 heavy (non-hydrogen) atoms. The van der Waals surface area contributed by atoms with E-state index in [4.69, 9.17) is 0 Å². The molecule has 3 aromatic rings. The highest BCUT2D eigenvalue weighted by Crippen LogP contribution is 2.33. The minimum absolute atomic E-state index is 0.390. The Kier molecular flexibility index (Phi) is 4.56. The first-order chi connectivity index (χ1) is 9.78. The van der Waals surface area contributed by atoms with Gasteiger partial charge in [-0.15, -0.1) is 22.7 Å². The summed E-state index contributed by atoms with van der Waals surface area (Å²) < 4.78 is 2.58. The molecule has 0 saturated carbocycles. The van der Waals surface area contributed by atoms with Gasteiger partial charge in [0, 0.05) is 22.0 Å². The largest absolute Gasteiger partial charge is 0.310 e. The number of hydrogen-bond donors (Lipinski definition) is 1. The van der Waals surface area contributed by atoms with Gasteiger partial charge < -0.3 is 5.32 Å². The number of thiophene rings is 2. The fraction of sp³-hybridized carbons (Fsp3) is 0.250. The van der Waals surface area contributed by atoms with Crippen LogP contribution in [0.15, 0.2) is 45.6 Å². The standard InChI is InChI=1S/C16H16BrNS2/c1-2-18-14(9-11-7-8-16(17)20-11)13-10-19-15-6-4-3-5-12(13)15/h3-8,10,14,18H,2,9H2,1H3. The summed E-state index contributed by atoms with van der Waals surface area (Å²) in [6.45, 7) is 3.16. The zero-order chi connectivity index (χ0) is 13.9. The third-order valence-corrected chi connectivity index (χ3v) is 6.00. The Morgan fingerprint density at radius 1 is 1.20 bits per heavy atom. The minimum Gasteiger partial charge on any atom is -0.310 e. The molecule has 0 amide bonds. The van der Waals surface area contributed by atoms with Crippen molar-refractivity contribution in [3.8, 4) is 0 Å². The minimum atomic E-state index is 0.390. The van der Waals surface area contributed by atoms with Crippen LogP contribution in [0.25, 0.3) is 10.1 Å². The molecule has 4 heteroatoms. The second-order valence-electron chi connectivity index (χ2n) is 4.71. The van der Waals surface area contributed by atoms with E-state index < -0.39 is 0 Å². The van der Waals surface area contributed by atoms with E-state index in [1.165, 1.54) is 24.3 Å². The average Bonchev–Trinajstić information content (AvgIpc) is 3.04. The highest BCUT2D eigenvalue weighted by molar-refractivity contribution is 9.11. The molecule has 0 radical (unpaired) electrons. The molecule has 0 aliphatic rings. The molecular formula is C16H16BrNS2. The monoisotopic (exact) mass is 365 g/mol. The Hall–Kier alpha value is -0.680. The lowest BCUT2D eigenvalue weighted by molar-refractivity contribution is 0.558. The van der Waals surface area contributed by atoms with Gasteiger partial charge in [0.1, 0.15) is 0 Å². The quantitative estimate of drug-likeness (QED) is 0.618. The lowest BCUT2D eigenvalue weighted by atomic mass is 10.0. The second kappa shape index (κ2) is 6.39. The predicted molar refractivity (Wildman–Crippen MR) is 94.0 cm³/mol. The molecule has 0 bridgehead atoms. The first-order valence-electron chi connectivity index (χ1n) is 6.71. The number of hydrogen-bond acceptors (Lipinski definition) is 3. The van der Waals surface area contributed by atoms with E-state index in [0.29, 0.717) is 6.04 Å². The van der Waals surface area contributed by atoms with E-state index in [2.05, 4.69) is 69.9 Å². The van der Waals surface area contributed by atoms with Gasteiger partial charge in [-0.3, -0.25) is 0 Å². The van der Waals surface area contributed by atoms with Crippen molar-refractivity contribution in [3.63, 3.8) is 0 Å². The van der Waals surface area contributed by atoms with Gasteiger partial charge in [-0.1, -0.05) is 25.1 Å². The number of benzene rings is 1. The predicted octanol–water partition coefficient (Wildman–Crippen LogP) is 5.62. The Bertz CT molecular complexity index is 701. The molecule has 1 atom stereocenters. The first kappa shape index (κ1) is 14.3. The fourth-order valence-corrected chi connectivity index (χ4v) is 5.01. The maximum atomic E-state index is 3.63. The highest BCUT2D eigenvalue weighted by atomic mass is 79.9. The smallest absolute Gasteiger partial charge is 0.0701 e. The SMILES string of the molecule is CCNC(Cc1ccc(Br)s1)c1csc2ccccc12. The number of likely N-dealkylation sites (N-methyl/N-ethyl adjacent to an activating group) is 1. The van der Waals surface area contributed by atoms with Crippen molar-refractivity contribution in [3.05, 3.63) is 56.0 Å². The van der Waals surface area contributed by atoms with Crippen LogP contribution in [-0.4, -0.2) is 6.54 Å². The van der Waals surface area contributed by atoms with Gasteiger partial charge in [0.15, 0.2) is 0 Å². The van der Waals surface area contributed by atoms with E-state index in [1.54, 1.807) is 0 Å². The van der Waals surface area contributed by atoms with Crippen LogP contribution in [0.1, 0.15) is 23.4 Å². The van der Waals surface area contributed by atoms with Gasteiger partial charge in [0.25, 0.3) is 0 Å². The van der Waals surface area contributed by atoms with E-state index in [1.807, 2.05) is 22.7 Å². The molecule has 0 saturated heterocycles. The van der Waals surface area contributed by atoms with Crippen LogP contribution < -0.4 is 5.32 Å². The Morgan fingerprint density at radius 3 is 2.80 bits per heavy atom. The molecule has 1 aromatic carbocycles. The molecule has 0 spiro atoms. The summed E-state index contributed by atoms with van der Waals surface area (Å²) in [5.41, 5.74) is 1.43. The molecule has 0 aliphatic heterocycles. The number of rotatable bonds is 5. The van der Waals surface area contributed by atoms with Crippen LogP contribution in [0.3, 0.4) is 0 Å². The molecule has 0 aliphatic carbocycles. The topological polar surface area (TPSA) is 12.0 Å². The Balaban J connectivity index is 1.93. The highest BCUT2D eigenvalue weighted by Gasteiger charge is 2.16. The van der Waals surface area contributed by atoms with Crippen molar-refractivity contribution >= 4 is 48.7 Å². The molecule has 3 rings (SSSR count). The van der Waals surface area contributed by atoms with E-state index in [-0.39, 0.29) is 0 Å². The van der Waals surface area contributed by atoms with Gasteiger partial charge >= 0.3 is 0 Å². The van der Waals surface area contributed by atoms with Crippen molar-refractivity contribution in [2.75, 3.05) is 6.54 Å². The number of nitrogens with one attached hydrogen (secondary N) is 1. The van der Waals surface area contributed by atoms with Crippen LogP contribution in [0, 0.1) is 0 Å². The summed E-state index contributed by atoms with van der Waals surface area (Å²) in [7, 11) is 0. The average molecular weight is 366 g/mol. The van der Waals surface area contributed by atoms with E-state index in [0.717, 1.165) is 13.0 Å². The Morgan fingerprint density at radius 2 is 2.05 bits per heavy atom. The molecule has 1 unspecified atom stereocenters. The van der Waals surface area contributed by atoms with Gasteiger partial charge in [0.2, 0.25) is 0 Å². The summed E-state index contributed by atoms with van der Waals surface area (Å²) in [6.07, 6.45) is 1.05. The second-order valence-corrected chi connectivity index (χ2v) is 8.17. The van der Waals surface area contributed by atoms with Gasteiger partial charge in [-0.2, -0.15) is 0 Å². The van der Waals surface area contributed by atoms with Crippen molar-refractivity contribution in [1.29, 1.82) is 0 Å². The van der Waals surface area contributed by atoms with Crippen LogP contribution in [-0.2, 0) is 6.42 Å². The molecule has 0 fully saturated rings. The van der Waals surface area contributed by atoms with Crippen LogP contribution in [0.2, 0.25) is 0 Å². The first-order valence-corrected chi connectivity index (χ1v) is 9.20. The maximum Gasteiger partial charge on any atom is 0.0701 e. The maximum absolute atomic E-state index is 3.63. The summed E-state index contributed by atoms with van der Waals surface area (Å²) in [5, 5.41) is 7.33. The summed E-state index contributed by atoms with van der Waals surface area (Å²) in [4.78, 5) is 1.41. The van der Waals surface area contributed by atoms with Crippen LogP contribution in [0.4, 0.5) is 0 Å². The fourth-order valence-electron chi connectivity index (χ4n) is 2.47. The summed E-state index contributed by atoms with van der Waals surface area (Å²) in [5.74, 6) is 0. The molecular weight excluding hydrogens is 350 g/mol. The van der Waals surface area contributed by atoms with Crippen molar-refractivity contribution < 1.29 is 0 Å². The molecule has 2 aromatic heterocycles. The van der Waals surface area contributed by atoms with E-state index in [9.17, 15) is 0 Å². The molecule has 104 valence electrons. The third-order valence-electron chi connectivity index (χ3n) is 3.37. The van der Waals surface area contributed by atoms with Crippen molar-refractivity contribution in [2.24, 2.45) is 0 Å². The van der Waals surface area contributed by atoms with Crippen LogP contribution >= 0.6 is 38.6 Å².